The molecule has 0 spiro atoms. The van der Waals surface area contributed by atoms with Crippen molar-refractivity contribution in [2.24, 2.45) is 22.7 Å². The predicted octanol–water partition coefficient (Wildman–Crippen LogP) is 5.13. The van der Waals surface area contributed by atoms with Gasteiger partial charge in [-0.25, -0.2) is 0 Å². The van der Waals surface area contributed by atoms with Crippen LogP contribution in [0.2, 0.25) is 0 Å². The number of hydrogen-bond donors (Lipinski definition) is 0. The number of rotatable bonds is 5. The first-order valence-corrected chi connectivity index (χ1v) is 6.22. The van der Waals surface area contributed by atoms with Crippen molar-refractivity contribution in [3.63, 3.8) is 0 Å². The van der Waals surface area contributed by atoms with Gasteiger partial charge in [0.05, 0.1) is 0 Å². The van der Waals surface area contributed by atoms with E-state index in [1.54, 1.807) is 0 Å². The summed E-state index contributed by atoms with van der Waals surface area (Å²) in [6, 6.07) is 0. The fraction of sp³-hybridized carbons (Fsp3) is 1.00. The molecule has 0 fully saturated rings. The van der Waals surface area contributed by atoms with E-state index in [1.807, 2.05) is 0 Å². The van der Waals surface area contributed by atoms with Gasteiger partial charge in [-0.2, -0.15) is 0 Å². The van der Waals surface area contributed by atoms with Gasteiger partial charge in [0, 0.05) is 0 Å². The summed E-state index contributed by atoms with van der Waals surface area (Å²) in [5.74, 6) is 1.55. The predicted molar refractivity (Wildman–Crippen MR) is 66.5 cm³/mol. The first kappa shape index (κ1) is 14.0. The molecule has 0 heteroatoms. The third-order valence-electron chi connectivity index (χ3n) is 5.15. The maximum Gasteiger partial charge on any atom is -0.0275 e. The molecule has 0 rings (SSSR count). The molecule has 14 heavy (non-hydrogen) atoms. The third kappa shape index (κ3) is 2.52. The Hall–Kier alpha value is 0. The van der Waals surface area contributed by atoms with Crippen LogP contribution in [0.1, 0.15) is 68.2 Å². The zero-order chi connectivity index (χ0) is 11.6. The van der Waals surface area contributed by atoms with E-state index in [4.69, 9.17) is 0 Å². The molecule has 0 aliphatic carbocycles. The molecular formula is C14H30. The molecule has 0 aromatic heterocycles. The lowest BCUT2D eigenvalue weighted by Gasteiger charge is -2.47. The van der Waals surface area contributed by atoms with Gasteiger partial charge in [0.1, 0.15) is 0 Å². The summed E-state index contributed by atoms with van der Waals surface area (Å²) in [6.07, 6.45) is 2.56. The zero-order valence-electron chi connectivity index (χ0n) is 11.6. The summed E-state index contributed by atoms with van der Waals surface area (Å²) < 4.78 is 0. The van der Waals surface area contributed by atoms with E-state index < -0.39 is 0 Å². The van der Waals surface area contributed by atoms with Crippen LogP contribution in [0.4, 0.5) is 0 Å². The zero-order valence-corrected chi connectivity index (χ0v) is 11.6. The lowest BCUT2D eigenvalue weighted by molar-refractivity contribution is 0.0258. The monoisotopic (exact) mass is 198 g/mol. The Labute approximate surface area is 91.5 Å². The van der Waals surface area contributed by atoms with Crippen LogP contribution in [0.25, 0.3) is 0 Å². The smallest absolute Gasteiger partial charge is 0.0275 e. The van der Waals surface area contributed by atoms with E-state index in [9.17, 15) is 0 Å². The van der Waals surface area contributed by atoms with Crippen LogP contribution < -0.4 is 0 Å². The van der Waals surface area contributed by atoms with Crippen molar-refractivity contribution in [1.82, 2.24) is 0 Å². The van der Waals surface area contributed by atoms with E-state index in [0.29, 0.717) is 10.8 Å². The standard InChI is InChI=1S/C14H30/c1-9-13(6,7)12(5)14(8,10-2)11(3)4/h11-12H,9-10H2,1-8H3. The normalized spacial score (nSPS) is 19.5. The molecule has 0 aromatic rings. The molecule has 0 aromatic carbocycles. The van der Waals surface area contributed by atoms with E-state index in [0.717, 1.165) is 11.8 Å². The van der Waals surface area contributed by atoms with Gasteiger partial charge in [-0.05, 0) is 22.7 Å². The van der Waals surface area contributed by atoms with Gasteiger partial charge in [0.25, 0.3) is 0 Å². The average molecular weight is 198 g/mol. The molecule has 0 N–H and O–H groups in total. The molecule has 0 aliphatic rings. The third-order valence-corrected chi connectivity index (χ3v) is 5.15. The molecule has 0 bridgehead atoms. The quantitative estimate of drug-likeness (QED) is 0.574. The van der Waals surface area contributed by atoms with E-state index in [1.165, 1.54) is 12.8 Å². The van der Waals surface area contributed by atoms with Crippen molar-refractivity contribution < 1.29 is 0 Å². The van der Waals surface area contributed by atoms with Crippen molar-refractivity contribution in [2.45, 2.75) is 68.2 Å². The summed E-state index contributed by atoms with van der Waals surface area (Å²) in [5.41, 5.74) is 0.953. The lowest BCUT2D eigenvalue weighted by atomic mass is 9.58. The van der Waals surface area contributed by atoms with Crippen LogP contribution in [0, 0.1) is 22.7 Å². The van der Waals surface area contributed by atoms with E-state index in [-0.39, 0.29) is 0 Å². The topological polar surface area (TPSA) is 0 Å². The molecule has 2 atom stereocenters. The fourth-order valence-electron chi connectivity index (χ4n) is 2.41. The summed E-state index contributed by atoms with van der Waals surface area (Å²) in [6.45, 7) is 19.1. The Kier molecular flexibility index (Phi) is 4.68. The van der Waals surface area contributed by atoms with Crippen LogP contribution in [0.15, 0.2) is 0 Å². The van der Waals surface area contributed by atoms with Crippen LogP contribution >= 0.6 is 0 Å². The lowest BCUT2D eigenvalue weighted by Crippen LogP contribution is -2.39. The van der Waals surface area contributed by atoms with Crippen molar-refractivity contribution in [2.75, 3.05) is 0 Å². The molecule has 86 valence electrons. The van der Waals surface area contributed by atoms with Crippen LogP contribution in [0.3, 0.4) is 0 Å². The molecule has 0 amide bonds. The van der Waals surface area contributed by atoms with Gasteiger partial charge in [-0.3, -0.25) is 0 Å². The second kappa shape index (κ2) is 4.68. The van der Waals surface area contributed by atoms with Crippen LogP contribution in [0.5, 0.6) is 0 Å². The summed E-state index contributed by atoms with van der Waals surface area (Å²) in [5, 5.41) is 0. The van der Waals surface area contributed by atoms with Gasteiger partial charge in [-0.15, -0.1) is 0 Å². The Morgan fingerprint density at radius 1 is 0.857 bits per heavy atom. The molecule has 0 nitrogen and oxygen atoms in total. The minimum Gasteiger partial charge on any atom is -0.0649 e. The van der Waals surface area contributed by atoms with Crippen LogP contribution in [-0.4, -0.2) is 0 Å². The first-order chi connectivity index (χ1) is 6.22. The van der Waals surface area contributed by atoms with Gasteiger partial charge in [-0.1, -0.05) is 68.2 Å². The largest absolute Gasteiger partial charge is 0.0649 e. The Balaban J connectivity index is 4.87. The van der Waals surface area contributed by atoms with Crippen molar-refractivity contribution in [3.8, 4) is 0 Å². The Morgan fingerprint density at radius 3 is 1.50 bits per heavy atom. The van der Waals surface area contributed by atoms with Gasteiger partial charge in [0.15, 0.2) is 0 Å². The average Bonchev–Trinajstić information content (AvgIpc) is 2.15. The molecule has 0 saturated heterocycles. The second-order valence-electron chi connectivity index (χ2n) is 6.08. The minimum atomic E-state index is 0.467. The summed E-state index contributed by atoms with van der Waals surface area (Å²) >= 11 is 0. The summed E-state index contributed by atoms with van der Waals surface area (Å²) in [4.78, 5) is 0. The van der Waals surface area contributed by atoms with E-state index in [2.05, 4.69) is 55.4 Å². The van der Waals surface area contributed by atoms with Gasteiger partial charge >= 0.3 is 0 Å². The molecule has 0 heterocycles. The molecule has 0 saturated carbocycles. The first-order valence-electron chi connectivity index (χ1n) is 6.22. The van der Waals surface area contributed by atoms with Gasteiger partial charge in [0.2, 0.25) is 0 Å². The van der Waals surface area contributed by atoms with Gasteiger partial charge < -0.3 is 0 Å². The van der Waals surface area contributed by atoms with Crippen LogP contribution in [-0.2, 0) is 0 Å². The molecule has 2 unspecified atom stereocenters. The molecule has 0 radical (unpaired) electrons. The molecular weight excluding hydrogens is 168 g/mol. The highest BCUT2D eigenvalue weighted by molar-refractivity contribution is 4.89. The highest BCUT2D eigenvalue weighted by Gasteiger charge is 2.40. The number of hydrogen-bond acceptors (Lipinski definition) is 0. The SMILES string of the molecule is CCC(C)(C)C(C)C(C)(CC)C(C)C. The van der Waals surface area contributed by atoms with Crippen molar-refractivity contribution >= 4 is 0 Å². The highest BCUT2D eigenvalue weighted by Crippen LogP contribution is 2.48. The fourth-order valence-corrected chi connectivity index (χ4v) is 2.41. The highest BCUT2D eigenvalue weighted by atomic mass is 14.4. The van der Waals surface area contributed by atoms with Crippen molar-refractivity contribution in [3.05, 3.63) is 0 Å². The van der Waals surface area contributed by atoms with E-state index >= 15 is 0 Å². The Morgan fingerprint density at radius 2 is 1.29 bits per heavy atom. The Bertz CT molecular complexity index is 167. The second-order valence-corrected chi connectivity index (χ2v) is 6.08. The van der Waals surface area contributed by atoms with Crippen molar-refractivity contribution in [1.29, 1.82) is 0 Å². The minimum absolute atomic E-state index is 0.467. The maximum absolute atomic E-state index is 2.46. The maximum atomic E-state index is 2.46. The summed E-state index contributed by atoms with van der Waals surface area (Å²) in [7, 11) is 0. The molecule has 0 aliphatic heterocycles.